The lowest BCUT2D eigenvalue weighted by Gasteiger charge is -2.17. The first-order chi connectivity index (χ1) is 13.7. The number of halogens is 2. The van der Waals surface area contributed by atoms with E-state index in [0.29, 0.717) is 17.6 Å². The van der Waals surface area contributed by atoms with Crippen LogP contribution >= 0.6 is 24.8 Å². The number of amides is 1. The molecule has 1 aromatic carbocycles. The van der Waals surface area contributed by atoms with Gasteiger partial charge in [0.25, 0.3) is 5.91 Å². The minimum absolute atomic E-state index is 0. The summed E-state index contributed by atoms with van der Waals surface area (Å²) in [4.78, 5) is 22.0. The summed E-state index contributed by atoms with van der Waals surface area (Å²) in [6.45, 7) is 3.04. The van der Waals surface area contributed by atoms with Crippen molar-refractivity contribution < 1.29 is 14.7 Å². The van der Waals surface area contributed by atoms with Crippen LogP contribution in [0, 0.1) is 0 Å². The van der Waals surface area contributed by atoms with Crippen molar-refractivity contribution >= 4 is 42.6 Å². The van der Waals surface area contributed by atoms with E-state index in [0.717, 1.165) is 38.2 Å². The monoisotopic (exact) mass is 455 g/mol. The van der Waals surface area contributed by atoms with Crippen molar-refractivity contribution in [1.29, 1.82) is 0 Å². The second-order valence-electron chi connectivity index (χ2n) is 6.66. The Morgan fingerprint density at radius 2 is 2.03 bits per heavy atom. The number of anilines is 1. The number of methoxy groups -OCH3 is 1. The van der Waals surface area contributed by atoms with Crippen LogP contribution in [0.3, 0.4) is 0 Å². The molecule has 1 amide bonds. The third-order valence-corrected chi connectivity index (χ3v) is 4.69. The minimum atomic E-state index is -0.607. The van der Waals surface area contributed by atoms with E-state index in [9.17, 15) is 4.79 Å². The molecule has 8 nitrogen and oxygen atoms in total. The van der Waals surface area contributed by atoms with Crippen molar-refractivity contribution in [2.75, 3.05) is 32.1 Å². The van der Waals surface area contributed by atoms with E-state index in [4.69, 9.17) is 9.94 Å². The van der Waals surface area contributed by atoms with Gasteiger partial charge in [-0.25, -0.2) is 10.5 Å². The summed E-state index contributed by atoms with van der Waals surface area (Å²) in [6.07, 6.45) is 7.98. The number of rotatable bonds is 8. The summed E-state index contributed by atoms with van der Waals surface area (Å²) < 4.78 is 5.19. The maximum absolute atomic E-state index is 11.0. The number of aromatic nitrogens is 2. The third kappa shape index (κ3) is 7.79. The van der Waals surface area contributed by atoms with E-state index in [1.807, 2.05) is 12.1 Å². The average molecular weight is 456 g/mol. The Kier molecular flexibility index (Phi) is 11.1. The lowest BCUT2D eigenvalue weighted by atomic mass is 10.1. The van der Waals surface area contributed by atoms with Gasteiger partial charge in [0, 0.05) is 31.8 Å². The average Bonchev–Trinajstić information content (AvgIpc) is 3.19. The zero-order valence-electron chi connectivity index (χ0n) is 16.7. The van der Waals surface area contributed by atoms with E-state index >= 15 is 0 Å². The van der Waals surface area contributed by atoms with Crippen LogP contribution in [0.4, 0.5) is 5.82 Å². The number of carbonyl (C=O) groups excluding carboxylic acids is 1. The number of hydrogen-bond acceptors (Lipinski definition) is 7. The standard InChI is InChI=1S/C20H25N5O3.2ClH/c1-28-18-5-2-15(3-6-18)8-10-25-11-9-17(14-25)23-19-13-21-16(12-22-19)4-7-20(26)24-27;;/h2-7,12-13,17,27H,8-11,14H2,1H3,(H,22,23)(H,24,26);2*1H/b7-4+;;/t17-;;/m1../s1. The van der Waals surface area contributed by atoms with E-state index in [-0.39, 0.29) is 24.8 Å². The van der Waals surface area contributed by atoms with Gasteiger partial charge in [0.1, 0.15) is 11.6 Å². The van der Waals surface area contributed by atoms with Crippen molar-refractivity contribution in [1.82, 2.24) is 20.3 Å². The number of carbonyl (C=O) groups is 1. The maximum atomic E-state index is 11.0. The van der Waals surface area contributed by atoms with Crippen LogP contribution in [-0.4, -0.2) is 58.8 Å². The number of likely N-dealkylation sites (tertiary alicyclic amines) is 1. The largest absolute Gasteiger partial charge is 0.497 e. The van der Waals surface area contributed by atoms with Crippen molar-refractivity contribution in [3.8, 4) is 5.75 Å². The Labute approximate surface area is 188 Å². The van der Waals surface area contributed by atoms with Gasteiger partial charge in [-0.1, -0.05) is 12.1 Å². The first kappa shape index (κ1) is 25.6. The second-order valence-corrected chi connectivity index (χ2v) is 6.66. The van der Waals surface area contributed by atoms with Crippen LogP contribution in [0.15, 0.2) is 42.7 Å². The number of nitrogens with zero attached hydrogens (tertiary/aromatic N) is 3. The zero-order valence-corrected chi connectivity index (χ0v) is 18.3. The van der Waals surface area contributed by atoms with Gasteiger partial charge >= 0.3 is 0 Å². The SMILES string of the molecule is COc1ccc(CCN2CC[C@@H](Nc3cnc(/C=C/C(=O)NO)cn3)C2)cc1.Cl.Cl. The second kappa shape index (κ2) is 13.0. The molecule has 3 N–H and O–H groups in total. The molecule has 2 heterocycles. The van der Waals surface area contributed by atoms with Crippen molar-refractivity contribution in [3.63, 3.8) is 0 Å². The van der Waals surface area contributed by atoms with Crippen molar-refractivity contribution in [3.05, 3.63) is 54.0 Å². The number of benzene rings is 1. The first-order valence-electron chi connectivity index (χ1n) is 9.22. The molecule has 1 aliphatic heterocycles. The Balaban J connectivity index is 0.00000225. The molecule has 30 heavy (non-hydrogen) atoms. The van der Waals surface area contributed by atoms with Crippen LogP contribution < -0.4 is 15.5 Å². The van der Waals surface area contributed by atoms with E-state index in [1.54, 1.807) is 19.5 Å². The lowest BCUT2D eigenvalue weighted by molar-refractivity contribution is -0.124. The maximum Gasteiger partial charge on any atom is 0.267 e. The van der Waals surface area contributed by atoms with Gasteiger partial charge in [-0.2, -0.15) is 0 Å². The van der Waals surface area contributed by atoms with Gasteiger partial charge < -0.3 is 15.0 Å². The summed E-state index contributed by atoms with van der Waals surface area (Å²) in [5.41, 5.74) is 3.38. The van der Waals surface area contributed by atoms with E-state index in [1.165, 1.54) is 23.2 Å². The Hall–Kier alpha value is -2.39. The first-order valence-corrected chi connectivity index (χ1v) is 9.22. The summed E-state index contributed by atoms with van der Waals surface area (Å²) in [7, 11) is 1.68. The van der Waals surface area contributed by atoms with Gasteiger partial charge in [-0.3, -0.25) is 15.0 Å². The van der Waals surface area contributed by atoms with Crippen LogP contribution in [-0.2, 0) is 11.2 Å². The van der Waals surface area contributed by atoms with Crippen molar-refractivity contribution in [2.45, 2.75) is 18.9 Å². The molecular weight excluding hydrogens is 429 g/mol. The topological polar surface area (TPSA) is 99.6 Å². The molecule has 0 bridgehead atoms. The van der Waals surface area contributed by atoms with Crippen LogP contribution in [0.2, 0.25) is 0 Å². The van der Waals surface area contributed by atoms with Crippen LogP contribution in [0.5, 0.6) is 5.75 Å². The molecule has 0 saturated carbocycles. The molecular formula is C20H27Cl2N5O3. The molecule has 0 radical (unpaired) electrons. The fourth-order valence-electron chi connectivity index (χ4n) is 3.14. The molecule has 1 atom stereocenters. The number of nitrogens with one attached hydrogen (secondary N) is 2. The molecule has 0 aliphatic carbocycles. The molecule has 1 aromatic heterocycles. The highest BCUT2D eigenvalue weighted by Gasteiger charge is 2.22. The molecule has 2 aromatic rings. The van der Waals surface area contributed by atoms with Gasteiger partial charge in [0.2, 0.25) is 0 Å². The predicted molar refractivity (Wildman–Crippen MR) is 121 cm³/mol. The number of ether oxygens (including phenoxy) is 1. The highest BCUT2D eigenvalue weighted by molar-refractivity contribution is 5.90. The summed E-state index contributed by atoms with van der Waals surface area (Å²) in [5.74, 6) is 0.990. The molecule has 10 heteroatoms. The zero-order chi connectivity index (χ0) is 19.8. The Morgan fingerprint density at radius 3 is 2.67 bits per heavy atom. The van der Waals surface area contributed by atoms with Gasteiger partial charge in [-0.15, -0.1) is 24.8 Å². The highest BCUT2D eigenvalue weighted by atomic mass is 35.5. The van der Waals surface area contributed by atoms with Crippen LogP contribution in [0.25, 0.3) is 6.08 Å². The fourth-order valence-corrected chi connectivity index (χ4v) is 3.14. The molecule has 1 fully saturated rings. The molecule has 1 aliphatic rings. The molecule has 1 saturated heterocycles. The molecule has 0 spiro atoms. The minimum Gasteiger partial charge on any atom is -0.497 e. The van der Waals surface area contributed by atoms with Crippen molar-refractivity contribution in [2.24, 2.45) is 0 Å². The van der Waals surface area contributed by atoms with Gasteiger partial charge in [0.05, 0.1) is 25.2 Å². The summed E-state index contributed by atoms with van der Waals surface area (Å²) in [5, 5.41) is 11.9. The Morgan fingerprint density at radius 1 is 1.27 bits per heavy atom. The lowest BCUT2D eigenvalue weighted by Crippen LogP contribution is -2.28. The molecule has 3 rings (SSSR count). The number of hydroxylamine groups is 1. The summed E-state index contributed by atoms with van der Waals surface area (Å²) >= 11 is 0. The molecule has 0 unspecified atom stereocenters. The van der Waals surface area contributed by atoms with Crippen LogP contribution in [0.1, 0.15) is 17.7 Å². The normalized spacial score (nSPS) is 15.9. The fraction of sp³-hybridized carbons (Fsp3) is 0.350. The number of hydrogen-bond donors (Lipinski definition) is 3. The van der Waals surface area contributed by atoms with Gasteiger partial charge in [0.15, 0.2) is 0 Å². The van der Waals surface area contributed by atoms with E-state index < -0.39 is 5.91 Å². The van der Waals surface area contributed by atoms with E-state index in [2.05, 4.69) is 32.3 Å². The predicted octanol–water partition coefficient (Wildman–Crippen LogP) is 2.58. The Bertz CT molecular complexity index is 803. The molecule has 164 valence electrons. The quantitative estimate of drug-likeness (QED) is 0.319. The third-order valence-electron chi connectivity index (χ3n) is 4.69. The highest BCUT2D eigenvalue weighted by Crippen LogP contribution is 2.16. The van der Waals surface area contributed by atoms with Gasteiger partial charge in [-0.05, 0) is 36.6 Å². The smallest absolute Gasteiger partial charge is 0.267 e. The summed E-state index contributed by atoms with van der Waals surface area (Å²) in [6, 6.07) is 8.56.